The summed E-state index contributed by atoms with van der Waals surface area (Å²) in [5.74, 6) is -1.10. The van der Waals surface area contributed by atoms with Crippen molar-refractivity contribution in [3.63, 3.8) is 0 Å². The van der Waals surface area contributed by atoms with Gasteiger partial charge in [0.05, 0.1) is 18.7 Å². The molecule has 3 heterocycles. The number of aromatic amines is 1. The molecule has 1 aromatic heterocycles. The Labute approximate surface area is 208 Å². The monoisotopic (exact) mass is 497 g/mol. The van der Waals surface area contributed by atoms with Crippen molar-refractivity contribution in [1.82, 2.24) is 25.5 Å². The van der Waals surface area contributed by atoms with Crippen LogP contribution in [0.25, 0.3) is 11.0 Å². The normalized spacial score (nSPS) is 26.1. The van der Waals surface area contributed by atoms with E-state index in [-0.39, 0.29) is 35.9 Å². The summed E-state index contributed by atoms with van der Waals surface area (Å²) in [6.45, 7) is 0.216. The Balaban J connectivity index is 1.39. The molecule has 1 aromatic carbocycles. The van der Waals surface area contributed by atoms with Crippen LogP contribution in [-0.4, -0.2) is 82.4 Å². The van der Waals surface area contributed by atoms with Crippen molar-refractivity contribution >= 4 is 34.5 Å². The average Bonchev–Trinajstić information content (AvgIpc) is 3.66. The molecule has 1 saturated carbocycles. The average molecular weight is 498 g/mol. The Bertz CT molecular complexity index is 1190. The molecule has 2 aromatic rings. The molecule has 192 valence electrons. The first-order chi connectivity index (χ1) is 17.4. The van der Waals surface area contributed by atoms with Crippen LogP contribution < -0.4 is 15.4 Å². The van der Waals surface area contributed by atoms with Gasteiger partial charge in [0, 0.05) is 19.0 Å². The molecule has 1 aliphatic carbocycles. The molecular formula is C25H31N5O6. The second-order valence-corrected chi connectivity index (χ2v) is 9.90. The van der Waals surface area contributed by atoms with Gasteiger partial charge in [0.2, 0.25) is 11.8 Å². The molecular weight excluding hydrogens is 466 g/mol. The first kappa shape index (κ1) is 24.2. The minimum absolute atomic E-state index is 0.0208. The van der Waals surface area contributed by atoms with Crippen LogP contribution in [0.1, 0.15) is 42.7 Å². The Morgan fingerprint density at radius 2 is 2.11 bits per heavy atom. The van der Waals surface area contributed by atoms with E-state index in [2.05, 4.69) is 20.6 Å². The zero-order valence-corrected chi connectivity index (χ0v) is 20.2. The minimum Gasteiger partial charge on any atom is -0.494 e. The van der Waals surface area contributed by atoms with E-state index in [4.69, 9.17) is 4.74 Å². The third kappa shape index (κ3) is 4.32. The van der Waals surface area contributed by atoms with Crippen molar-refractivity contribution in [3.8, 4) is 5.75 Å². The zero-order chi connectivity index (χ0) is 25.4. The molecule has 2 saturated heterocycles. The number of imidazole rings is 1. The van der Waals surface area contributed by atoms with Gasteiger partial charge in [-0.2, -0.15) is 0 Å². The predicted octanol–water partition coefficient (Wildman–Crippen LogP) is 0.385. The molecule has 11 heteroatoms. The molecule has 3 amide bonds. The third-order valence-corrected chi connectivity index (χ3v) is 7.86. The number of aliphatic hydroxyl groups is 1. The van der Waals surface area contributed by atoms with Crippen molar-refractivity contribution < 1.29 is 29.0 Å². The van der Waals surface area contributed by atoms with E-state index in [9.17, 15) is 24.3 Å². The number of nitrogens with one attached hydrogen (secondary N) is 3. The standard InChI is InChI=1S/C25H31N5O6/c1-36-19-7-3-6-16-20(19)29-22(27-16)25(35)30-11-14-4-2-5-15(14)21(30)24(34)28-17(18(32)12-31)10-13-8-9-26-23(13)33/h3,6-7,13-15,17,21,31H,2,4-5,8-12H2,1H3,(H,26,33)(H,27,29)(H,28,34). The summed E-state index contributed by atoms with van der Waals surface area (Å²) >= 11 is 0. The van der Waals surface area contributed by atoms with Crippen molar-refractivity contribution in [2.75, 3.05) is 26.8 Å². The number of benzene rings is 1. The summed E-state index contributed by atoms with van der Waals surface area (Å²) in [5, 5.41) is 15.0. The number of methoxy groups -OCH3 is 1. The van der Waals surface area contributed by atoms with Gasteiger partial charge in [0.25, 0.3) is 5.91 Å². The molecule has 0 bridgehead atoms. The number of H-pyrrole nitrogens is 1. The molecule has 3 aliphatic rings. The van der Waals surface area contributed by atoms with Gasteiger partial charge in [-0.3, -0.25) is 19.2 Å². The number of nitrogens with zero attached hydrogens (tertiary/aromatic N) is 2. The largest absolute Gasteiger partial charge is 0.494 e. The highest BCUT2D eigenvalue weighted by atomic mass is 16.5. The molecule has 11 nitrogen and oxygen atoms in total. The number of ketones is 1. The third-order valence-electron chi connectivity index (χ3n) is 7.86. The van der Waals surface area contributed by atoms with Crippen LogP contribution in [0.15, 0.2) is 18.2 Å². The van der Waals surface area contributed by atoms with Crippen molar-refractivity contribution in [1.29, 1.82) is 0 Å². The Morgan fingerprint density at radius 3 is 2.83 bits per heavy atom. The fourth-order valence-corrected chi connectivity index (χ4v) is 6.05. The van der Waals surface area contributed by atoms with Crippen LogP contribution in [0.4, 0.5) is 0 Å². The van der Waals surface area contributed by atoms with Gasteiger partial charge in [-0.05, 0) is 49.7 Å². The fourth-order valence-electron chi connectivity index (χ4n) is 6.05. The maximum absolute atomic E-state index is 13.6. The van der Waals surface area contributed by atoms with E-state index < -0.39 is 36.3 Å². The summed E-state index contributed by atoms with van der Waals surface area (Å²) < 4.78 is 5.35. The van der Waals surface area contributed by atoms with E-state index in [0.29, 0.717) is 36.3 Å². The summed E-state index contributed by atoms with van der Waals surface area (Å²) in [4.78, 5) is 60.8. The topological polar surface area (TPSA) is 154 Å². The lowest BCUT2D eigenvalue weighted by atomic mass is 9.92. The quantitative estimate of drug-likeness (QED) is 0.411. The lowest BCUT2D eigenvalue weighted by Crippen LogP contribution is -2.53. The van der Waals surface area contributed by atoms with Crippen LogP contribution >= 0.6 is 0 Å². The second kappa shape index (κ2) is 9.88. The molecule has 3 fully saturated rings. The molecule has 5 unspecified atom stereocenters. The highest BCUT2D eigenvalue weighted by Crippen LogP contribution is 2.43. The molecule has 36 heavy (non-hydrogen) atoms. The number of rotatable bonds is 8. The van der Waals surface area contributed by atoms with E-state index in [1.807, 2.05) is 0 Å². The minimum atomic E-state index is -0.996. The number of para-hydroxylation sites is 1. The number of fused-ring (bicyclic) bond motifs is 2. The zero-order valence-electron chi connectivity index (χ0n) is 20.2. The number of carbonyl (C=O) groups excluding carboxylic acids is 4. The Kier molecular flexibility index (Phi) is 6.65. The molecule has 0 radical (unpaired) electrons. The van der Waals surface area contributed by atoms with Crippen LogP contribution in [0.3, 0.4) is 0 Å². The first-order valence-corrected chi connectivity index (χ1v) is 12.5. The van der Waals surface area contributed by atoms with Crippen molar-refractivity contribution in [3.05, 3.63) is 24.0 Å². The number of Topliss-reactive ketones (excluding diaryl/α,β-unsaturated/α-hetero) is 1. The summed E-state index contributed by atoms with van der Waals surface area (Å²) in [6.07, 6.45) is 3.40. The van der Waals surface area contributed by atoms with E-state index >= 15 is 0 Å². The van der Waals surface area contributed by atoms with Crippen molar-refractivity contribution in [2.24, 2.45) is 17.8 Å². The molecule has 4 N–H and O–H groups in total. The molecule has 5 atom stereocenters. The number of likely N-dealkylation sites (tertiary alicyclic amines) is 1. The lowest BCUT2D eigenvalue weighted by molar-refractivity contribution is -0.133. The summed E-state index contributed by atoms with van der Waals surface area (Å²) in [5.41, 5.74) is 1.19. The first-order valence-electron chi connectivity index (χ1n) is 12.5. The van der Waals surface area contributed by atoms with Gasteiger partial charge in [-0.25, -0.2) is 4.98 Å². The SMILES string of the molecule is COc1cccc2[nH]c(C(=O)N3CC4CCCC4C3C(=O)NC(CC3CCNC3=O)C(=O)CO)nc12. The van der Waals surface area contributed by atoms with Crippen LogP contribution in [0, 0.1) is 17.8 Å². The van der Waals surface area contributed by atoms with Crippen LogP contribution in [0.5, 0.6) is 5.75 Å². The Morgan fingerprint density at radius 1 is 1.28 bits per heavy atom. The maximum Gasteiger partial charge on any atom is 0.290 e. The van der Waals surface area contributed by atoms with Gasteiger partial charge < -0.3 is 30.4 Å². The number of aromatic nitrogens is 2. The lowest BCUT2D eigenvalue weighted by Gasteiger charge is -2.28. The number of hydrogen-bond donors (Lipinski definition) is 4. The number of aliphatic hydroxyl groups excluding tert-OH is 1. The number of amides is 3. The highest BCUT2D eigenvalue weighted by molar-refractivity contribution is 5.99. The smallest absolute Gasteiger partial charge is 0.290 e. The van der Waals surface area contributed by atoms with Crippen LogP contribution in [0.2, 0.25) is 0 Å². The molecule has 2 aliphatic heterocycles. The predicted molar refractivity (Wildman–Crippen MR) is 128 cm³/mol. The van der Waals surface area contributed by atoms with Gasteiger partial charge >= 0.3 is 0 Å². The van der Waals surface area contributed by atoms with E-state index in [0.717, 1.165) is 19.3 Å². The van der Waals surface area contributed by atoms with E-state index in [1.165, 1.54) is 7.11 Å². The summed E-state index contributed by atoms with van der Waals surface area (Å²) in [6, 6.07) is 3.61. The van der Waals surface area contributed by atoms with Crippen molar-refractivity contribution in [2.45, 2.75) is 44.2 Å². The van der Waals surface area contributed by atoms with Gasteiger partial charge in [0.1, 0.15) is 23.9 Å². The molecule has 5 rings (SSSR count). The number of carbonyl (C=O) groups is 4. The second-order valence-electron chi connectivity index (χ2n) is 9.90. The number of ether oxygens (including phenoxy) is 1. The number of hydrogen-bond acceptors (Lipinski definition) is 7. The van der Waals surface area contributed by atoms with Gasteiger partial charge in [0.15, 0.2) is 11.6 Å². The van der Waals surface area contributed by atoms with Gasteiger partial charge in [-0.15, -0.1) is 0 Å². The Hall–Kier alpha value is -3.47. The van der Waals surface area contributed by atoms with E-state index in [1.54, 1.807) is 23.1 Å². The van der Waals surface area contributed by atoms with Gasteiger partial charge in [-0.1, -0.05) is 12.5 Å². The summed E-state index contributed by atoms with van der Waals surface area (Å²) in [7, 11) is 1.53. The van der Waals surface area contributed by atoms with Crippen LogP contribution in [-0.2, 0) is 14.4 Å². The maximum atomic E-state index is 13.6. The molecule has 0 spiro atoms. The highest BCUT2D eigenvalue weighted by Gasteiger charge is 2.50. The fraction of sp³-hybridized carbons (Fsp3) is 0.560.